The quantitative estimate of drug-likeness (QED) is 0.827. The lowest BCUT2D eigenvalue weighted by atomic mass is 9.93. The first-order valence-electron chi connectivity index (χ1n) is 9.94. The summed E-state index contributed by atoms with van der Waals surface area (Å²) >= 11 is 0. The van der Waals surface area contributed by atoms with Gasteiger partial charge in [-0.15, -0.1) is 0 Å². The Morgan fingerprint density at radius 1 is 1.07 bits per heavy atom. The van der Waals surface area contributed by atoms with Crippen LogP contribution in [-0.2, 0) is 20.7 Å². The first-order valence-corrected chi connectivity index (χ1v) is 9.94. The predicted molar refractivity (Wildman–Crippen MR) is 103 cm³/mol. The Balaban J connectivity index is 1.37. The van der Waals surface area contributed by atoms with Gasteiger partial charge in [0.1, 0.15) is 5.75 Å². The van der Waals surface area contributed by atoms with Crippen molar-refractivity contribution in [2.45, 2.75) is 32.1 Å². The number of hydrogen-bond donors (Lipinski definition) is 1. The van der Waals surface area contributed by atoms with Crippen molar-refractivity contribution < 1.29 is 19.1 Å². The van der Waals surface area contributed by atoms with E-state index in [1.54, 1.807) is 7.11 Å². The summed E-state index contributed by atoms with van der Waals surface area (Å²) in [6.45, 7) is 3.37. The number of nitrogens with zero attached hydrogens (tertiary/aromatic N) is 1. The topological polar surface area (TPSA) is 67.9 Å². The normalized spacial score (nSPS) is 18.9. The zero-order chi connectivity index (χ0) is 19.1. The molecular weight excluding hydrogens is 344 g/mol. The number of carbonyl (C=O) groups excluding carboxylic acids is 2. The fourth-order valence-electron chi connectivity index (χ4n) is 3.83. The van der Waals surface area contributed by atoms with Crippen molar-refractivity contribution in [1.82, 2.24) is 10.2 Å². The largest absolute Gasteiger partial charge is 0.497 e. The molecule has 0 bridgehead atoms. The zero-order valence-corrected chi connectivity index (χ0v) is 16.1. The zero-order valence-electron chi connectivity index (χ0n) is 16.1. The summed E-state index contributed by atoms with van der Waals surface area (Å²) in [5, 5.41) is 3.05. The number of nitrogens with one attached hydrogen (secondary N) is 1. The maximum atomic E-state index is 12.6. The van der Waals surface area contributed by atoms with Crippen molar-refractivity contribution in [3.05, 3.63) is 29.8 Å². The van der Waals surface area contributed by atoms with Gasteiger partial charge >= 0.3 is 0 Å². The standard InChI is InChI=1S/C21H30N2O4/c1-26-19-4-2-16(3-5-19)6-11-22-20(24)17-7-12-23(13-8-17)21(25)18-9-14-27-15-10-18/h2-5,17-18H,6-15H2,1H3,(H,22,24). The molecule has 3 rings (SSSR count). The SMILES string of the molecule is COc1ccc(CCNC(=O)C2CCN(C(=O)C3CCOCC3)CC2)cc1. The highest BCUT2D eigenvalue weighted by Crippen LogP contribution is 2.23. The van der Waals surface area contributed by atoms with Gasteiger partial charge in [0.25, 0.3) is 0 Å². The van der Waals surface area contributed by atoms with E-state index in [2.05, 4.69) is 5.32 Å². The van der Waals surface area contributed by atoms with Crippen LogP contribution in [0, 0.1) is 11.8 Å². The van der Waals surface area contributed by atoms with Gasteiger partial charge in [-0.1, -0.05) is 12.1 Å². The van der Waals surface area contributed by atoms with Crippen LogP contribution in [-0.4, -0.2) is 56.7 Å². The van der Waals surface area contributed by atoms with Gasteiger partial charge in [0.05, 0.1) is 7.11 Å². The second-order valence-electron chi connectivity index (χ2n) is 7.38. The van der Waals surface area contributed by atoms with Crippen LogP contribution in [0.2, 0.25) is 0 Å². The van der Waals surface area contributed by atoms with E-state index < -0.39 is 0 Å². The highest BCUT2D eigenvalue weighted by atomic mass is 16.5. The Morgan fingerprint density at radius 2 is 1.74 bits per heavy atom. The van der Waals surface area contributed by atoms with Gasteiger partial charge in [0.15, 0.2) is 0 Å². The number of piperidine rings is 1. The summed E-state index contributed by atoms with van der Waals surface area (Å²) in [4.78, 5) is 26.9. The molecule has 0 unspecified atom stereocenters. The van der Waals surface area contributed by atoms with Gasteiger partial charge < -0.3 is 19.7 Å². The molecule has 2 saturated heterocycles. The van der Waals surface area contributed by atoms with E-state index in [1.165, 1.54) is 5.56 Å². The first-order chi connectivity index (χ1) is 13.2. The maximum Gasteiger partial charge on any atom is 0.225 e. The molecule has 0 aromatic heterocycles. The van der Waals surface area contributed by atoms with Crippen LogP contribution in [0.5, 0.6) is 5.75 Å². The molecule has 2 fully saturated rings. The van der Waals surface area contributed by atoms with Gasteiger partial charge in [-0.2, -0.15) is 0 Å². The third-order valence-electron chi connectivity index (χ3n) is 5.62. The van der Waals surface area contributed by atoms with Crippen molar-refractivity contribution in [3.63, 3.8) is 0 Å². The van der Waals surface area contributed by atoms with Crippen LogP contribution in [0.1, 0.15) is 31.2 Å². The molecule has 0 aliphatic carbocycles. The molecule has 0 atom stereocenters. The van der Waals surface area contributed by atoms with Crippen LogP contribution in [0.15, 0.2) is 24.3 Å². The number of rotatable bonds is 6. The number of amides is 2. The van der Waals surface area contributed by atoms with Crippen LogP contribution >= 0.6 is 0 Å². The number of methoxy groups -OCH3 is 1. The van der Waals surface area contributed by atoms with Gasteiger partial charge in [-0.05, 0) is 49.8 Å². The van der Waals surface area contributed by atoms with Crippen LogP contribution in [0.3, 0.4) is 0 Å². The van der Waals surface area contributed by atoms with Crippen molar-refractivity contribution >= 4 is 11.8 Å². The van der Waals surface area contributed by atoms with E-state index in [4.69, 9.17) is 9.47 Å². The van der Waals surface area contributed by atoms with Crippen molar-refractivity contribution in [1.29, 1.82) is 0 Å². The molecule has 0 saturated carbocycles. The smallest absolute Gasteiger partial charge is 0.225 e. The van der Waals surface area contributed by atoms with Gasteiger partial charge in [-0.3, -0.25) is 9.59 Å². The number of hydrogen-bond acceptors (Lipinski definition) is 4. The molecule has 1 N–H and O–H groups in total. The Bertz CT molecular complexity index is 618. The lowest BCUT2D eigenvalue weighted by Crippen LogP contribution is -2.46. The summed E-state index contributed by atoms with van der Waals surface area (Å²) in [5.41, 5.74) is 1.17. The highest BCUT2D eigenvalue weighted by Gasteiger charge is 2.31. The molecule has 1 aromatic rings. The molecule has 6 nitrogen and oxygen atoms in total. The average molecular weight is 374 g/mol. The molecule has 6 heteroatoms. The predicted octanol–water partition coefficient (Wildman–Crippen LogP) is 2.02. The van der Waals surface area contributed by atoms with Gasteiger partial charge in [-0.25, -0.2) is 0 Å². The highest BCUT2D eigenvalue weighted by molar-refractivity contribution is 5.81. The molecule has 0 radical (unpaired) electrons. The van der Waals surface area contributed by atoms with Crippen LogP contribution < -0.4 is 10.1 Å². The monoisotopic (exact) mass is 374 g/mol. The summed E-state index contributed by atoms with van der Waals surface area (Å²) in [6, 6.07) is 7.90. The van der Waals surface area contributed by atoms with Crippen LogP contribution in [0.4, 0.5) is 0 Å². The summed E-state index contributed by atoms with van der Waals surface area (Å²) < 4.78 is 10.5. The Kier molecular flexibility index (Phi) is 7.10. The maximum absolute atomic E-state index is 12.6. The Hall–Kier alpha value is -2.08. The molecule has 0 spiro atoms. The van der Waals surface area contributed by atoms with Crippen molar-refractivity contribution in [2.75, 3.05) is 40.0 Å². The van der Waals surface area contributed by atoms with Crippen molar-refractivity contribution in [3.8, 4) is 5.75 Å². The second-order valence-corrected chi connectivity index (χ2v) is 7.38. The number of likely N-dealkylation sites (tertiary alicyclic amines) is 1. The molecule has 1 aromatic carbocycles. The third-order valence-corrected chi connectivity index (χ3v) is 5.62. The third kappa shape index (κ3) is 5.45. The number of carbonyl (C=O) groups is 2. The summed E-state index contributed by atoms with van der Waals surface area (Å²) in [7, 11) is 1.65. The fraction of sp³-hybridized carbons (Fsp3) is 0.619. The van der Waals surface area contributed by atoms with E-state index in [9.17, 15) is 9.59 Å². The average Bonchev–Trinajstić information content (AvgIpc) is 2.74. The second kappa shape index (κ2) is 9.74. The van der Waals surface area contributed by atoms with E-state index in [0.717, 1.165) is 37.9 Å². The minimum atomic E-state index is 0.0135. The van der Waals surface area contributed by atoms with E-state index in [1.807, 2.05) is 29.2 Å². The molecule has 2 aliphatic rings. The molecule has 148 valence electrons. The molecule has 2 amide bonds. The molecule has 27 heavy (non-hydrogen) atoms. The molecular formula is C21H30N2O4. The molecule has 2 heterocycles. The lowest BCUT2D eigenvalue weighted by molar-refractivity contribution is -0.141. The Labute approximate surface area is 161 Å². The number of ether oxygens (including phenoxy) is 2. The van der Waals surface area contributed by atoms with E-state index >= 15 is 0 Å². The fourth-order valence-corrected chi connectivity index (χ4v) is 3.83. The van der Waals surface area contributed by atoms with Gasteiger partial charge in [0.2, 0.25) is 11.8 Å². The van der Waals surface area contributed by atoms with E-state index in [0.29, 0.717) is 32.8 Å². The van der Waals surface area contributed by atoms with Crippen LogP contribution in [0.25, 0.3) is 0 Å². The summed E-state index contributed by atoms with van der Waals surface area (Å²) in [5.74, 6) is 1.32. The minimum absolute atomic E-state index is 0.0135. The Morgan fingerprint density at radius 3 is 2.37 bits per heavy atom. The minimum Gasteiger partial charge on any atom is -0.497 e. The first kappa shape index (κ1) is 19.7. The van der Waals surface area contributed by atoms with E-state index in [-0.39, 0.29) is 23.7 Å². The number of benzene rings is 1. The lowest BCUT2D eigenvalue weighted by Gasteiger charge is -2.34. The van der Waals surface area contributed by atoms with Crippen molar-refractivity contribution in [2.24, 2.45) is 11.8 Å². The van der Waals surface area contributed by atoms with Gasteiger partial charge in [0, 0.05) is 44.7 Å². The summed E-state index contributed by atoms with van der Waals surface area (Å²) in [6.07, 6.45) is 3.96. The molecule has 2 aliphatic heterocycles.